The van der Waals surface area contributed by atoms with Crippen LogP contribution in [0.1, 0.15) is 27.7 Å². The standard InChI is InChI=1S/C9H14O5/c1-6(2)9(13-14-9)12-7(10)11-8(3,4)5/h1H2,2-5H3. The molecule has 1 aliphatic rings. The highest BCUT2D eigenvalue weighted by molar-refractivity contribution is 5.61. The van der Waals surface area contributed by atoms with Crippen LogP contribution in [0.5, 0.6) is 0 Å². The Balaban J connectivity index is 2.46. The molecule has 0 spiro atoms. The third-order valence-electron chi connectivity index (χ3n) is 1.36. The van der Waals surface area contributed by atoms with Crippen LogP contribution >= 0.6 is 0 Å². The minimum Gasteiger partial charge on any atom is -0.428 e. The van der Waals surface area contributed by atoms with Gasteiger partial charge in [-0.25, -0.2) is 4.79 Å². The van der Waals surface area contributed by atoms with E-state index in [0.29, 0.717) is 5.57 Å². The van der Waals surface area contributed by atoms with E-state index in [0.717, 1.165) is 0 Å². The molecule has 0 amide bonds. The second-order valence-electron chi connectivity index (χ2n) is 4.07. The van der Waals surface area contributed by atoms with Crippen LogP contribution in [0.2, 0.25) is 0 Å². The van der Waals surface area contributed by atoms with Crippen molar-refractivity contribution in [1.29, 1.82) is 0 Å². The lowest BCUT2D eigenvalue weighted by molar-refractivity contribution is -0.0563. The van der Waals surface area contributed by atoms with Crippen molar-refractivity contribution in [3.8, 4) is 0 Å². The molecule has 1 rings (SSSR count). The first-order valence-corrected chi connectivity index (χ1v) is 4.20. The summed E-state index contributed by atoms with van der Waals surface area (Å²) in [5.41, 5.74) is -0.161. The number of rotatable bonds is 2. The van der Waals surface area contributed by atoms with E-state index in [2.05, 4.69) is 16.4 Å². The fourth-order valence-corrected chi connectivity index (χ4v) is 0.682. The summed E-state index contributed by atoms with van der Waals surface area (Å²) < 4.78 is 9.68. The Bertz CT molecular complexity index is 259. The van der Waals surface area contributed by atoms with Gasteiger partial charge in [0, 0.05) is 5.57 Å². The van der Waals surface area contributed by atoms with Crippen LogP contribution in [0.15, 0.2) is 12.2 Å². The highest BCUT2D eigenvalue weighted by Gasteiger charge is 2.56. The van der Waals surface area contributed by atoms with Crippen molar-refractivity contribution in [2.24, 2.45) is 0 Å². The zero-order chi connectivity index (χ0) is 11.0. The number of hydrogen-bond acceptors (Lipinski definition) is 5. The second kappa shape index (κ2) is 3.25. The predicted octanol–water partition coefficient (Wildman–Crippen LogP) is 2.13. The summed E-state index contributed by atoms with van der Waals surface area (Å²) in [6.07, 6.45) is -0.849. The van der Waals surface area contributed by atoms with Crippen LogP contribution in [0.4, 0.5) is 4.79 Å². The maximum atomic E-state index is 11.2. The van der Waals surface area contributed by atoms with Crippen molar-refractivity contribution >= 4 is 6.16 Å². The highest BCUT2D eigenvalue weighted by Crippen LogP contribution is 2.37. The molecule has 5 nitrogen and oxygen atoms in total. The first-order valence-electron chi connectivity index (χ1n) is 4.20. The molecule has 0 aromatic heterocycles. The number of ether oxygens (including phenoxy) is 2. The van der Waals surface area contributed by atoms with Crippen molar-refractivity contribution in [1.82, 2.24) is 0 Å². The van der Waals surface area contributed by atoms with Crippen molar-refractivity contribution in [3.63, 3.8) is 0 Å². The fourth-order valence-electron chi connectivity index (χ4n) is 0.682. The van der Waals surface area contributed by atoms with Crippen LogP contribution in [0.25, 0.3) is 0 Å². The second-order valence-corrected chi connectivity index (χ2v) is 4.07. The molecule has 1 heterocycles. The molecular weight excluding hydrogens is 188 g/mol. The zero-order valence-corrected chi connectivity index (χ0v) is 8.75. The van der Waals surface area contributed by atoms with Crippen LogP contribution in [0, 0.1) is 0 Å². The maximum Gasteiger partial charge on any atom is 0.513 e. The average molecular weight is 202 g/mol. The van der Waals surface area contributed by atoms with Gasteiger partial charge in [-0.3, -0.25) is 0 Å². The lowest BCUT2D eigenvalue weighted by atomic mass is 10.2. The van der Waals surface area contributed by atoms with E-state index in [1.807, 2.05) is 0 Å². The Morgan fingerprint density at radius 2 is 1.86 bits per heavy atom. The minimum atomic E-state index is -1.43. The Kier molecular flexibility index (Phi) is 2.56. The maximum absolute atomic E-state index is 11.2. The van der Waals surface area contributed by atoms with Gasteiger partial charge in [0.15, 0.2) is 0 Å². The molecule has 0 aromatic carbocycles. The van der Waals surface area contributed by atoms with E-state index in [9.17, 15) is 4.79 Å². The SMILES string of the molecule is C=C(C)C1(OC(=O)OC(C)(C)C)OO1. The highest BCUT2D eigenvalue weighted by atomic mass is 17.5. The van der Waals surface area contributed by atoms with E-state index >= 15 is 0 Å². The van der Waals surface area contributed by atoms with Gasteiger partial charge in [-0.2, -0.15) is 0 Å². The fraction of sp³-hybridized carbons (Fsp3) is 0.667. The van der Waals surface area contributed by atoms with Gasteiger partial charge in [0.1, 0.15) is 5.60 Å². The van der Waals surface area contributed by atoms with Gasteiger partial charge in [0.2, 0.25) is 0 Å². The molecule has 1 aliphatic heterocycles. The molecule has 0 saturated carbocycles. The first kappa shape index (κ1) is 11.0. The monoisotopic (exact) mass is 202 g/mol. The average Bonchev–Trinajstić information content (AvgIpc) is 2.63. The third-order valence-corrected chi connectivity index (χ3v) is 1.36. The molecule has 0 bridgehead atoms. The molecule has 80 valence electrons. The lowest BCUT2D eigenvalue weighted by Gasteiger charge is -2.19. The van der Waals surface area contributed by atoms with Crippen LogP contribution in [0.3, 0.4) is 0 Å². The van der Waals surface area contributed by atoms with Gasteiger partial charge < -0.3 is 9.47 Å². The smallest absolute Gasteiger partial charge is 0.428 e. The summed E-state index contributed by atoms with van der Waals surface area (Å²) in [5, 5.41) is 0. The van der Waals surface area contributed by atoms with Gasteiger partial charge in [-0.05, 0) is 27.7 Å². The van der Waals surface area contributed by atoms with Gasteiger partial charge >= 0.3 is 12.1 Å². The Hall–Kier alpha value is -1.07. The van der Waals surface area contributed by atoms with Crippen molar-refractivity contribution in [2.45, 2.75) is 39.3 Å². The molecule has 14 heavy (non-hydrogen) atoms. The van der Waals surface area contributed by atoms with Crippen LogP contribution < -0.4 is 0 Å². The zero-order valence-electron chi connectivity index (χ0n) is 8.75. The molecule has 0 aliphatic carbocycles. The summed E-state index contributed by atoms with van der Waals surface area (Å²) in [5.74, 6) is -1.43. The predicted molar refractivity (Wildman–Crippen MR) is 47.0 cm³/mol. The number of carbonyl (C=O) groups excluding carboxylic acids is 1. The number of hydrogen-bond donors (Lipinski definition) is 0. The lowest BCUT2D eigenvalue weighted by Crippen LogP contribution is -2.29. The normalized spacial score (nSPS) is 18.6. The molecule has 1 saturated heterocycles. The molecule has 0 radical (unpaired) electrons. The van der Waals surface area contributed by atoms with E-state index in [1.54, 1.807) is 27.7 Å². The molecule has 0 N–H and O–H groups in total. The quantitative estimate of drug-likeness (QED) is 0.297. The van der Waals surface area contributed by atoms with Crippen LogP contribution in [-0.2, 0) is 19.2 Å². The topological polar surface area (TPSA) is 60.6 Å². The minimum absolute atomic E-state index is 0.448. The van der Waals surface area contributed by atoms with Crippen LogP contribution in [-0.4, -0.2) is 17.7 Å². The molecule has 0 aromatic rings. The first-order chi connectivity index (χ1) is 6.25. The molecule has 5 heteroatoms. The van der Waals surface area contributed by atoms with Crippen molar-refractivity contribution < 1.29 is 24.0 Å². The molecule has 1 fully saturated rings. The molecule has 0 unspecified atom stereocenters. The summed E-state index contributed by atoms with van der Waals surface area (Å²) in [4.78, 5) is 20.2. The summed E-state index contributed by atoms with van der Waals surface area (Å²) in [6, 6.07) is 0. The van der Waals surface area contributed by atoms with Crippen molar-refractivity contribution in [3.05, 3.63) is 12.2 Å². The summed E-state index contributed by atoms with van der Waals surface area (Å²) >= 11 is 0. The van der Waals surface area contributed by atoms with Gasteiger partial charge in [-0.1, -0.05) is 6.58 Å². The third kappa shape index (κ3) is 2.71. The summed E-state index contributed by atoms with van der Waals surface area (Å²) in [6.45, 7) is 10.4. The number of carbonyl (C=O) groups is 1. The summed E-state index contributed by atoms with van der Waals surface area (Å²) in [7, 11) is 0. The molecule has 0 atom stereocenters. The Morgan fingerprint density at radius 3 is 2.14 bits per heavy atom. The van der Waals surface area contributed by atoms with Crippen molar-refractivity contribution in [2.75, 3.05) is 0 Å². The van der Waals surface area contributed by atoms with E-state index in [1.165, 1.54) is 0 Å². The largest absolute Gasteiger partial charge is 0.513 e. The molecular formula is C9H14O5. The Morgan fingerprint density at radius 1 is 1.36 bits per heavy atom. The van der Waals surface area contributed by atoms with E-state index in [-0.39, 0.29) is 0 Å². The Labute approximate surface area is 82.5 Å². The van der Waals surface area contributed by atoms with Gasteiger partial charge in [-0.15, -0.1) is 9.78 Å². The van der Waals surface area contributed by atoms with E-state index in [4.69, 9.17) is 9.47 Å². The van der Waals surface area contributed by atoms with Gasteiger partial charge in [0.25, 0.3) is 0 Å². The van der Waals surface area contributed by atoms with E-state index < -0.39 is 17.7 Å². The van der Waals surface area contributed by atoms with Gasteiger partial charge in [0.05, 0.1) is 0 Å².